The molecule has 0 unspecified atom stereocenters. The normalized spacial score (nSPS) is 13.8. The molecule has 0 saturated carbocycles. The van der Waals surface area contributed by atoms with Gasteiger partial charge in [0, 0.05) is 43.0 Å². The Morgan fingerprint density at radius 3 is 2.44 bits per heavy atom. The summed E-state index contributed by atoms with van der Waals surface area (Å²) in [4.78, 5) is 28.2. The zero-order chi connectivity index (χ0) is 19.4. The molecule has 138 valence electrons. The van der Waals surface area contributed by atoms with Crippen molar-refractivity contribution in [1.29, 1.82) is 0 Å². The van der Waals surface area contributed by atoms with E-state index in [1.54, 1.807) is 53.1 Å². The standard InChI is InChI=1S/C21H20FN3O2/c1-3-16-5-4-6-18(13-16)23-21(27)25-11-9-24(10-12-25)20(26)17-8-7-15(2)19(22)14-17/h1,4-8,13-14H,9-12H2,2H3,(H,23,27). The minimum atomic E-state index is -0.395. The number of aryl methyl sites for hydroxylation is 1. The number of terminal acetylenes is 1. The van der Waals surface area contributed by atoms with Gasteiger partial charge in [0.05, 0.1) is 0 Å². The molecule has 1 aliphatic heterocycles. The number of nitrogens with one attached hydrogen (secondary N) is 1. The third-order valence-corrected chi connectivity index (χ3v) is 4.55. The van der Waals surface area contributed by atoms with Crippen molar-refractivity contribution in [3.8, 4) is 12.3 Å². The van der Waals surface area contributed by atoms with Crippen molar-refractivity contribution < 1.29 is 14.0 Å². The second kappa shape index (κ2) is 7.92. The van der Waals surface area contributed by atoms with E-state index in [4.69, 9.17) is 6.42 Å². The highest BCUT2D eigenvalue weighted by Crippen LogP contribution is 2.15. The molecular formula is C21H20FN3O2. The Morgan fingerprint density at radius 2 is 1.78 bits per heavy atom. The van der Waals surface area contributed by atoms with Crippen LogP contribution in [-0.4, -0.2) is 47.9 Å². The molecular weight excluding hydrogens is 345 g/mol. The van der Waals surface area contributed by atoms with Crippen LogP contribution in [0, 0.1) is 25.1 Å². The molecule has 3 amide bonds. The predicted octanol–water partition coefficient (Wildman–Crippen LogP) is 3.11. The van der Waals surface area contributed by atoms with Gasteiger partial charge in [0.15, 0.2) is 0 Å². The Labute approximate surface area is 157 Å². The van der Waals surface area contributed by atoms with Crippen LogP contribution in [0.5, 0.6) is 0 Å². The van der Waals surface area contributed by atoms with Crippen LogP contribution < -0.4 is 5.32 Å². The molecule has 1 heterocycles. The number of carbonyl (C=O) groups excluding carboxylic acids is 2. The number of nitrogens with zero attached hydrogens (tertiary/aromatic N) is 2. The third kappa shape index (κ3) is 4.26. The molecule has 0 aromatic heterocycles. The highest BCUT2D eigenvalue weighted by Gasteiger charge is 2.25. The molecule has 5 nitrogen and oxygen atoms in total. The molecule has 0 bridgehead atoms. The van der Waals surface area contributed by atoms with Crippen molar-refractivity contribution in [3.05, 3.63) is 65.0 Å². The van der Waals surface area contributed by atoms with Gasteiger partial charge in [0.25, 0.3) is 5.91 Å². The zero-order valence-corrected chi connectivity index (χ0v) is 15.0. The molecule has 0 atom stereocenters. The molecule has 0 spiro atoms. The molecule has 0 aliphatic carbocycles. The average molecular weight is 365 g/mol. The van der Waals surface area contributed by atoms with Crippen LogP contribution in [0.2, 0.25) is 0 Å². The number of halogens is 1. The van der Waals surface area contributed by atoms with Crippen molar-refractivity contribution in [2.24, 2.45) is 0 Å². The van der Waals surface area contributed by atoms with Gasteiger partial charge >= 0.3 is 6.03 Å². The van der Waals surface area contributed by atoms with E-state index in [1.807, 2.05) is 0 Å². The second-order valence-corrected chi connectivity index (χ2v) is 6.40. The van der Waals surface area contributed by atoms with E-state index in [9.17, 15) is 14.0 Å². The zero-order valence-electron chi connectivity index (χ0n) is 15.0. The van der Waals surface area contributed by atoms with Crippen LogP contribution in [0.25, 0.3) is 0 Å². The van der Waals surface area contributed by atoms with Gasteiger partial charge < -0.3 is 15.1 Å². The Morgan fingerprint density at radius 1 is 1.07 bits per heavy atom. The molecule has 2 aromatic rings. The minimum absolute atomic E-state index is 0.226. The summed E-state index contributed by atoms with van der Waals surface area (Å²) in [6.07, 6.45) is 5.37. The first kappa shape index (κ1) is 18.5. The van der Waals surface area contributed by atoms with Crippen LogP contribution in [0.15, 0.2) is 42.5 Å². The average Bonchev–Trinajstić information content (AvgIpc) is 2.69. The Hall–Kier alpha value is -3.33. The minimum Gasteiger partial charge on any atom is -0.335 e. The lowest BCUT2D eigenvalue weighted by molar-refractivity contribution is 0.0671. The smallest absolute Gasteiger partial charge is 0.321 e. The van der Waals surface area contributed by atoms with E-state index in [0.29, 0.717) is 48.6 Å². The van der Waals surface area contributed by atoms with Gasteiger partial charge in [-0.15, -0.1) is 6.42 Å². The maximum absolute atomic E-state index is 13.7. The van der Waals surface area contributed by atoms with Gasteiger partial charge in [0.2, 0.25) is 0 Å². The van der Waals surface area contributed by atoms with Crippen molar-refractivity contribution in [2.75, 3.05) is 31.5 Å². The Bertz CT molecular complexity index is 912. The summed E-state index contributed by atoms with van der Waals surface area (Å²) in [6.45, 7) is 3.25. The van der Waals surface area contributed by atoms with Crippen LogP contribution >= 0.6 is 0 Å². The number of benzene rings is 2. The maximum Gasteiger partial charge on any atom is 0.321 e. The van der Waals surface area contributed by atoms with Gasteiger partial charge in [-0.25, -0.2) is 9.18 Å². The Balaban J connectivity index is 1.57. The first-order chi connectivity index (χ1) is 13.0. The van der Waals surface area contributed by atoms with Crippen molar-refractivity contribution in [1.82, 2.24) is 9.80 Å². The predicted molar refractivity (Wildman–Crippen MR) is 102 cm³/mol. The van der Waals surface area contributed by atoms with Crippen molar-refractivity contribution >= 4 is 17.6 Å². The van der Waals surface area contributed by atoms with Gasteiger partial charge in [-0.05, 0) is 42.8 Å². The molecule has 1 N–H and O–H groups in total. The van der Waals surface area contributed by atoms with E-state index >= 15 is 0 Å². The number of rotatable bonds is 2. The summed E-state index contributed by atoms with van der Waals surface area (Å²) < 4.78 is 13.7. The van der Waals surface area contributed by atoms with Crippen molar-refractivity contribution in [2.45, 2.75) is 6.92 Å². The fourth-order valence-electron chi connectivity index (χ4n) is 2.91. The van der Waals surface area contributed by atoms with Crippen LogP contribution in [-0.2, 0) is 0 Å². The lowest BCUT2D eigenvalue weighted by Crippen LogP contribution is -2.51. The molecule has 1 aliphatic rings. The van der Waals surface area contributed by atoms with Gasteiger partial charge in [-0.1, -0.05) is 18.1 Å². The summed E-state index contributed by atoms with van der Waals surface area (Å²) in [5, 5.41) is 2.81. The quantitative estimate of drug-likeness (QED) is 0.832. The van der Waals surface area contributed by atoms with Gasteiger partial charge in [-0.2, -0.15) is 0 Å². The van der Waals surface area contributed by atoms with E-state index in [0.717, 1.165) is 0 Å². The lowest BCUT2D eigenvalue weighted by atomic mass is 10.1. The molecule has 6 heteroatoms. The monoisotopic (exact) mass is 365 g/mol. The number of anilines is 1. The number of amides is 3. The maximum atomic E-state index is 13.7. The molecule has 3 rings (SSSR count). The van der Waals surface area contributed by atoms with Crippen molar-refractivity contribution in [3.63, 3.8) is 0 Å². The summed E-state index contributed by atoms with van der Waals surface area (Å²) in [5.41, 5.74) is 2.14. The van der Waals surface area contributed by atoms with E-state index in [1.165, 1.54) is 6.07 Å². The topological polar surface area (TPSA) is 52.7 Å². The van der Waals surface area contributed by atoms with Crippen LogP contribution in [0.4, 0.5) is 14.9 Å². The Kier molecular flexibility index (Phi) is 5.41. The summed E-state index contributed by atoms with van der Waals surface area (Å²) in [6, 6.07) is 11.3. The number of carbonyl (C=O) groups is 2. The first-order valence-electron chi connectivity index (χ1n) is 8.66. The highest BCUT2D eigenvalue weighted by molar-refractivity contribution is 5.95. The first-order valence-corrected chi connectivity index (χ1v) is 8.66. The fourth-order valence-corrected chi connectivity index (χ4v) is 2.91. The number of hydrogen-bond acceptors (Lipinski definition) is 2. The molecule has 1 fully saturated rings. The summed E-state index contributed by atoms with van der Waals surface area (Å²) in [5.74, 6) is 1.90. The highest BCUT2D eigenvalue weighted by atomic mass is 19.1. The number of hydrogen-bond donors (Lipinski definition) is 1. The lowest BCUT2D eigenvalue weighted by Gasteiger charge is -2.34. The number of piperazine rings is 1. The molecule has 1 saturated heterocycles. The van der Waals surface area contributed by atoms with Gasteiger partial charge in [-0.3, -0.25) is 4.79 Å². The van der Waals surface area contributed by atoms with Crippen LogP contribution in [0.3, 0.4) is 0 Å². The SMILES string of the molecule is C#Cc1cccc(NC(=O)N2CCN(C(=O)c3ccc(C)c(F)c3)CC2)c1. The van der Waals surface area contributed by atoms with Gasteiger partial charge in [0.1, 0.15) is 5.82 Å². The van der Waals surface area contributed by atoms with E-state index < -0.39 is 5.82 Å². The second-order valence-electron chi connectivity index (χ2n) is 6.40. The molecule has 0 radical (unpaired) electrons. The summed E-state index contributed by atoms with van der Waals surface area (Å²) in [7, 11) is 0. The molecule has 2 aromatic carbocycles. The third-order valence-electron chi connectivity index (χ3n) is 4.55. The largest absolute Gasteiger partial charge is 0.335 e. The fraction of sp³-hybridized carbons (Fsp3) is 0.238. The van der Waals surface area contributed by atoms with E-state index in [2.05, 4.69) is 11.2 Å². The summed E-state index contributed by atoms with van der Waals surface area (Å²) >= 11 is 0. The molecule has 27 heavy (non-hydrogen) atoms. The van der Waals surface area contributed by atoms with E-state index in [-0.39, 0.29) is 11.9 Å². The van der Waals surface area contributed by atoms with Crippen LogP contribution in [0.1, 0.15) is 21.5 Å². The number of urea groups is 1.